The van der Waals surface area contributed by atoms with Gasteiger partial charge in [-0.1, -0.05) is 62.5 Å². The van der Waals surface area contributed by atoms with Crippen molar-refractivity contribution in [2.24, 2.45) is 0 Å². The SMILES string of the molecule is CCCCCCCCNc1cnc(/C(C)=C/c2cc3ccc4cc5cc(-c6ncc(C)s6)sc5cc4c3cc2S)s1. The highest BCUT2D eigenvalue weighted by Crippen LogP contribution is 2.40. The molecular formula is C34H35N3S4. The predicted molar refractivity (Wildman–Crippen MR) is 187 cm³/mol. The van der Waals surface area contributed by atoms with E-state index < -0.39 is 0 Å². The van der Waals surface area contributed by atoms with E-state index in [1.54, 1.807) is 22.7 Å². The van der Waals surface area contributed by atoms with Crippen LogP contribution in [0.4, 0.5) is 5.00 Å². The molecule has 0 bridgehead atoms. The lowest BCUT2D eigenvalue weighted by Gasteiger charge is -2.09. The third-order valence-electron chi connectivity index (χ3n) is 7.50. The fourth-order valence-electron chi connectivity index (χ4n) is 5.29. The normalized spacial score (nSPS) is 12.2. The minimum atomic E-state index is 0.979. The Kier molecular flexibility index (Phi) is 8.77. The Hall–Kier alpha value is -2.71. The number of unbranched alkanes of at least 4 members (excludes halogenated alkanes) is 5. The largest absolute Gasteiger partial charge is 0.376 e. The van der Waals surface area contributed by atoms with Gasteiger partial charge in [-0.25, -0.2) is 9.97 Å². The molecule has 0 spiro atoms. The standard InChI is InChI=1S/C34H35N3S4/c1-4-5-6-7-8-9-12-35-32-20-37-33(41-32)21(2)13-25-14-23-10-11-24-15-26-16-31(34-36-19-22(3)39-34)40-30(26)18-28(24)27(23)17-29(25)38/h10-11,13-20,35,38H,4-9,12H2,1-3H3/b21-13+. The van der Waals surface area contributed by atoms with E-state index in [1.165, 1.54) is 79.9 Å². The van der Waals surface area contributed by atoms with Gasteiger partial charge >= 0.3 is 0 Å². The number of thiazole rings is 2. The van der Waals surface area contributed by atoms with Gasteiger partial charge in [0, 0.05) is 27.2 Å². The third-order valence-corrected chi connectivity index (χ3v) is 11.2. The second-order valence-electron chi connectivity index (χ2n) is 10.7. The van der Waals surface area contributed by atoms with Gasteiger partial charge in [0.15, 0.2) is 0 Å². The summed E-state index contributed by atoms with van der Waals surface area (Å²) in [5, 5.41) is 13.1. The molecule has 6 aromatic rings. The quantitative estimate of drug-likeness (QED) is 0.0867. The summed E-state index contributed by atoms with van der Waals surface area (Å²) >= 11 is 10.2. The first-order valence-corrected chi connectivity index (χ1v) is 17.3. The minimum absolute atomic E-state index is 0.979. The minimum Gasteiger partial charge on any atom is -0.376 e. The molecule has 1 N–H and O–H groups in total. The Morgan fingerprint density at radius 1 is 0.854 bits per heavy atom. The van der Waals surface area contributed by atoms with Gasteiger partial charge in [-0.05, 0) is 94.7 Å². The number of thiophene rings is 1. The van der Waals surface area contributed by atoms with Crippen LogP contribution in [0.5, 0.6) is 0 Å². The number of hydrogen-bond acceptors (Lipinski definition) is 7. The van der Waals surface area contributed by atoms with Crippen molar-refractivity contribution in [2.75, 3.05) is 11.9 Å². The molecule has 41 heavy (non-hydrogen) atoms. The molecule has 0 saturated heterocycles. The molecular weight excluding hydrogens is 579 g/mol. The summed E-state index contributed by atoms with van der Waals surface area (Å²) in [4.78, 5) is 12.8. The number of nitrogens with zero attached hydrogens (tertiary/aromatic N) is 2. The highest BCUT2D eigenvalue weighted by Gasteiger charge is 2.12. The fraction of sp³-hybridized carbons (Fsp3) is 0.294. The molecule has 3 heterocycles. The number of rotatable bonds is 11. The lowest BCUT2D eigenvalue weighted by molar-refractivity contribution is 0.617. The number of aromatic nitrogens is 2. The first kappa shape index (κ1) is 28.4. The summed E-state index contributed by atoms with van der Waals surface area (Å²) in [6.07, 6.45) is 14.0. The van der Waals surface area contributed by atoms with Crippen molar-refractivity contribution in [3.63, 3.8) is 0 Å². The van der Waals surface area contributed by atoms with Gasteiger partial charge in [-0.15, -0.1) is 35.3 Å². The van der Waals surface area contributed by atoms with Gasteiger partial charge < -0.3 is 5.32 Å². The van der Waals surface area contributed by atoms with Crippen LogP contribution in [-0.4, -0.2) is 16.5 Å². The van der Waals surface area contributed by atoms with Crippen molar-refractivity contribution in [2.45, 2.75) is 64.2 Å². The molecule has 0 amide bonds. The molecule has 210 valence electrons. The molecule has 3 nitrogen and oxygen atoms in total. The molecule has 6 rings (SSSR count). The number of allylic oxidation sites excluding steroid dienone is 1. The fourth-order valence-corrected chi connectivity index (χ4v) is 8.26. The van der Waals surface area contributed by atoms with Gasteiger partial charge in [-0.3, -0.25) is 0 Å². The van der Waals surface area contributed by atoms with Crippen molar-refractivity contribution in [3.05, 3.63) is 70.3 Å². The predicted octanol–water partition coefficient (Wildman–Crippen LogP) is 11.7. The van der Waals surface area contributed by atoms with Gasteiger partial charge in [0.25, 0.3) is 0 Å². The van der Waals surface area contributed by atoms with Crippen LogP contribution in [-0.2, 0) is 0 Å². The van der Waals surface area contributed by atoms with Crippen molar-refractivity contribution in [3.8, 4) is 9.88 Å². The molecule has 3 aromatic heterocycles. The maximum Gasteiger partial charge on any atom is 0.133 e. The van der Waals surface area contributed by atoms with Crippen LogP contribution in [0.25, 0.3) is 53.2 Å². The second kappa shape index (κ2) is 12.7. The number of aryl methyl sites for hydroxylation is 1. The number of fused-ring (bicyclic) bond motifs is 4. The van der Waals surface area contributed by atoms with E-state index in [0.29, 0.717) is 0 Å². The van der Waals surface area contributed by atoms with Crippen molar-refractivity contribution in [1.82, 2.24) is 9.97 Å². The Balaban J connectivity index is 1.22. The maximum atomic E-state index is 4.93. The molecule has 3 aromatic carbocycles. The van der Waals surface area contributed by atoms with E-state index in [9.17, 15) is 0 Å². The third kappa shape index (κ3) is 6.38. The second-order valence-corrected chi connectivity index (χ2v) is 14.6. The van der Waals surface area contributed by atoms with Gasteiger partial charge in [0.1, 0.15) is 15.0 Å². The number of thiol groups is 1. The van der Waals surface area contributed by atoms with Gasteiger partial charge in [-0.2, -0.15) is 0 Å². The first-order valence-electron chi connectivity index (χ1n) is 14.4. The zero-order valence-electron chi connectivity index (χ0n) is 23.8. The van der Waals surface area contributed by atoms with Crippen LogP contribution in [0.15, 0.2) is 59.8 Å². The van der Waals surface area contributed by atoms with E-state index in [1.807, 2.05) is 23.7 Å². The van der Waals surface area contributed by atoms with Crippen LogP contribution in [0.1, 0.15) is 67.8 Å². The molecule has 0 unspecified atom stereocenters. The van der Waals surface area contributed by atoms with E-state index in [0.717, 1.165) is 37.6 Å². The molecule has 0 radical (unpaired) electrons. The Bertz CT molecular complexity index is 1860. The van der Waals surface area contributed by atoms with Crippen molar-refractivity contribution in [1.29, 1.82) is 0 Å². The number of benzene rings is 3. The summed E-state index contributed by atoms with van der Waals surface area (Å²) < 4.78 is 1.29. The van der Waals surface area contributed by atoms with Crippen molar-refractivity contribution >= 4 is 94.9 Å². The molecule has 0 aliphatic carbocycles. The molecule has 0 fully saturated rings. The lowest BCUT2D eigenvalue weighted by atomic mass is 9.98. The average molecular weight is 614 g/mol. The maximum absolute atomic E-state index is 4.93. The average Bonchev–Trinajstić information content (AvgIpc) is 3.71. The zero-order chi connectivity index (χ0) is 28.3. The molecule has 7 heteroatoms. The lowest BCUT2D eigenvalue weighted by Crippen LogP contribution is -1.99. The first-order chi connectivity index (χ1) is 20.0. The molecule has 0 aliphatic rings. The van der Waals surface area contributed by atoms with Gasteiger partial charge in [0.2, 0.25) is 0 Å². The summed E-state index contributed by atoms with van der Waals surface area (Å²) in [6, 6.07) is 15.9. The zero-order valence-corrected chi connectivity index (χ0v) is 27.1. The number of hydrogen-bond donors (Lipinski definition) is 2. The Morgan fingerprint density at radius 2 is 1.63 bits per heavy atom. The Labute approximate surface area is 259 Å². The van der Waals surface area contributed by atoms with Crippen LogP contribution in [0, 0.1) is 6.92 Å². The van der Waals surface area contributed by atoms with Crippen LogP contribution in [0.2, 0.25) is 0 Å². The summed E-state index contributed by atoms with van der Waals surface area (Å²) in [5.41, 5.74) is 2.27. The summed E-state index contributed by atoms with van der Waals surface area (Å²) in [7, 11) is 0. The van der Waals surface area contributed by atoms with E-state index in [2.05, 4.69) is 79.6 Å². The summed E-state index contributed by atoms with van der Waals surface area (Å²) in [5.74, 6) is 0. The van der Waals surface area contributed by atoms with Gasteiger partial charge in [0.05, 0.1) is 11.1 Å². The molecule has 0 atom stereocenters. The van der Waals surface area contributed by atoms with Crippen LogP contribution < -0.4 is 5.32 Å². The monoisotopic (exact) mass is 613 g/mol. The molecule has 0 aliphatic heterocycles. The highest BCUT2D eigenvalue weighted by molar-refractivity contribution is 7.80. The number of anilines is 1. The number of nitrogens with one attached hydrogen (secondary N) is 1. The van der Waals surface area contributed by atoms with Crippen LogP contribution >= 0.6 is 46.6 Å². The van der Waals surface area contributed by atoms with E-state index in [4.69, 9.17) is 17.6 Å². The van der Waals surface area contributed by atoms with E-state index >= 15 is 0 Å². The summed E-state index contributed by atoms with van der Waals surface area (Å²) in [6.45, 7) is 7.53. The van der Waals surface area contributed by atoms with Crippen LogP contribution in [0.3, 0.4) is 0 Å². The van der Waals surface area contributed by atoms with Crippen molar-refractivity contribution < 1.29 is 0 Å². The smallest absolute Gasteiger partial charge is 0.133 e. The topological polar surface area (TPSA) is 37.8 Å². The molecule has 0 saturated carbocycles. The Morgan fingerprint density at radius 3 is 2.44 bits per heavy atom. The highest BCUT2D eigenvalue weighted by atomic mass is 32.1. The van der Waals surface area contributed by atoms with E-state index in [-0.39, 0.29) is 0 Å².